The number of rotatable bonds is 7. The highest BCUT2D eigenvalue weighted by molar-refractivity contribution is 7.16. The van der Waals surface area contributed by atoms with Crippen molar-refractivity contribution in [2.45, 2.75) is 6.92 Å². The Balaban J connectivity index is 1.51. The molecule has 188 valence electrons. The van der Waals surface area contributed by atoms with Crippen LogP contribution in [-0.2, 0) is 9.53 Å². The lowest BCUT2D eigenvalue weighted by Crippen LogP contribution is -2.25. The predicted molar refractivity (Wildman–Crippen MR) is 138 cm³/mol. The molecule has 0 bridgehead atoms. The zero-order valence-corrected chi connectivity index (χ0v) is 20.7. The number of amides is 1. The molecule has 0 fully saturated rings. The fourth-order valence-electron chi connectivity index (χ4n) is 3.73. The summed E-state index contributed by atoms with van der Waals surface area (Å²) >= 11 is 1.12. The molecule has 1 N–H and O–H groups in total. The van der Waals surface area contributed by atoms with Crippen LogP contribution in [0.1, 0.15) is 23.0 Å². The van der Waals surface area contributed by atoms with Gasteiger partial charge in [-0.3, -0.25) is 9.59 Å². The van der Waals surface area contributed by atoms with Gasteiger partial charge in [0.15, 0.2) is 17.2 Å². The molecule has 2 aromatic carbocycles. The second-order valence-electron chi connectivity index (χ2n) is 7.77. The lowest BCUT2D eigenvalue weighted by atomic mass is 10.2. The number of benzene rings is 2. The van der Waals surface area contributed by atoms with Crippen molar-refractivity contribution in [2.24, 2.45) is 0 Å². The Labute approximate surface area is 214 Å². The van der Waals surface area contributed by atoms with Gasteiger partial charge in [0.05, 0.1) is 24.8 Å². The number of nitrogens with zero attached hydrogens (tertiary/aromatic N) is 2. The molecule has 0 saturated heterocycles. The first-order chi connectivity index (χ1) is 18.0. The van der Waals surface area contributed by atoms with Gasteiger partial charge in [-0.05, 0) is 55.0 Å². The minimum absolute atomic E-state index is 0.0279. The van der Waals surface area contributed by atoms with Crippen LogP contribution < -0.4 is 25.1 Å². The molecule has 0 spiro atoms. The Bertz CT molecular complexity index is 1590. The van der Waals surface area contributed by atoms with Crippen molar-refractivity contribution >= 4 is 45.1 Å². The summed E-state index contributed by atoms with van der Waals surface area (Å²) in [5.41, 5.74) is 0.639. The number of aromatic nitrogens is 2. The number of nitrogens with one attached hydrogen (secondary N) is 1. The average Bonchev–Trinajstić information content (AvgIpc) is 3.55. The molecule has 0 saturated carbocycles. The molecule has 0 unspecified atom stereocenters. The molecule has 0 aliphatic carbocycles. The topological polar surface area (TPSA) is 118 Å². The summed E-state index contributed by atoms with van der Waals surface area (Å²) in [6, 6.07) is 12.0. The zero-order valence-electron chi connectivity index (χ0n) is 19.8. The van der Waals surface area contributed by atoms with Gasteiger partial charge in [-0.2, -0.15) is 9.78 Å². The van der Waals surface area contributed by atoms with Crippen LogP contribution in [0.15, 0.2) is 58.7 Å². The third-order valence-corrected chi connectivity index (χ3v) is 6.39. The van der Waals surface area contributed by atoms with Crippen LogP contribution in [0.25, 0.3) is 22.5 Å². The van der Waals surface area contributed by atoms with Gasteiger partial charge in [-0.15, -0.1) is 11.3 Å². The van der Waals surface area contributed by atoms with Gasteiger partial charge in [0.25, 0.3) is 5.56 Å². The van der Waals surface area contributed by atoms with E-state index in [0.717, 1.165) is 21.6 Å². The van der Waals surface area contributed by atoms with Crippen LogP contribution in [0.2, 0.25) is 0 Å². The fourth-order valence-corrected chi connectivity index (χ4v) is 4.67. The first kappa shape index (κ1) is 24.1. The Morgan fingerprint density at radius 3 is 2.70 bits per heavy atom. The smallest absolute Gasteiger partial charge is 0.359 e. The molecule has 2 aromatic heterocycles. The zero-order chi connectivity index (χ0) is 25.9. The quantitative estimate of drug-likeness (QED) is 0.287. The standard InChI is InChI=1S/C26H21N3O7S/c1-3-34-26(32)23-18-13-37-24(22(18)25(31)29(28-23)16-6-8-17(33-2)9-7-16)27-21(30)11-5-15-4-10-19-20(12-15)36-14-35-19/h4-13H,3,14H2,1-2H3,(H,27,30). The summed E-state index contributed by atoms with van der Waals surface area (Å²) in [4.78, 5) is 38.9. The van der Waals surface area contributed by atoms with Crippen LogP contribution in [0, 0.1) is 0 Å². The minimum Gasteiger partial charge on any atom is -0.497 e. The largest absolute Gasteiger partial charge is 0.497 e. The maximum absolute atomic E-state index is 13.5. The first-order valence-electron chi connectivity index (χ1n) is 11.2. The number of esters is 1. The summed E-state index contributed by atoms with van der Waals surface area (Å²) in [7, 11) is 1.53. The van der Waals surface area contributed by atoms with E-state index in [1.807, 2.05) is 0 Å². The second-order valence-corrected chi connectivity index (χ2v) is 8.65. The third-order valence-electron chi connectivity index (χ3n) is 5.50. The number of hydrogen-bond donors (Lipinski definition) is 1. The summed E-state index contributed by atoms with van der Waals surface area (Å²) in [5.74, 6) is 0.719. The monoisotopic (exact) mass is 519 g/mol. The summed E-state index contributed by atoms with van der Waals surface area (Å²) in [6.45, 7) is 1.98. The van der Waals surface area contributed by atoms with E-state index in [1.165, 1.54) is 13.2 Å². The second kappa shape index (κ2) is 10.2. The maximum Gasteiger partial charge on any atom is 0.359 e. The molecule has 1 amide bonds. The molecule has 10 nitrogen and oxygen atoms in total. The van der Waals surface area contributed by atoms with E-state index in [-0.39, 0.29) is 29.5 Å². The number of hydrogen-bond acceptors (Lipinski definition) is 9. The molecule has 4 aromatic rings. The number of carbonyl (C=O) groups is 2. The van der Waals surface area contributed by atoms with Gasteiger partial charge in [-0.1, -0.05) is 6.07 Å². The number of thiophene rings is 1. The normalized spacial score (nSPS) is 12.2. The van der Waals surface area contributed by atoms with Crippen LogP contribution in [0.3, 0.4) is 0 Å². The number of fused-ring (bicyclic) bond motifs is 2. The van der Waals surface area contributed by atoms with Crippen molar-refractivity contribution in [1.29, 1.82) is 0 Å². The number of carbonyl (C=O) groups excluding carboxylic acids is 2. The molecule has 0 atom stereocenters. The highest BCUT2D eigenvalue weighted by Gasteiger charge is 2.23. The van der Waals surface area contributed by atoms with E-state index in [4.69, 9.17) is 18.9 Å². The summed E-state index contributed by atoms with van der Waals surface area (Å²) in [5, 5.41) is 9.38. The first-order valence-corrected chi connectivity index (χ1v) is 12.1. The Hall–Kier alpha value is -4.64. The van der Waals surface area contributed by atoms with Crippen LogP contribution in [0.5, 0.6) is 17.2 Å². The molecule has 37 heavy (non-hydrogen) atoms. The van der Waals surface area contributed by atoms with Crippen LogP contribution in [0.4, 0.5) is 5.00 Å². The van der Waals surface area contributed by atoms with Gasteiger partial charge in [0, 0.05) is 16.8 Å². The molecule has 3 heterocycles. The molecule has 1 aliphatic rings. The number of anilines is 1. The van der Waals surface area contributed by atoms with Gasteiger partial charge < -0.3 is 24.3 Å². The summed E-state index contributed by atoms with van der Waals surface area (Å²) in [6.07, 6.45) is 2.97. The van der Waals surface area contributed by atoms with Crippen LogP contribution >= 0.6 is 11.3 Å². The van der Waals surface area contributed by atoms with Crippen molar-refractivity contribution in [2.75, 3.05) is 25.8 Å². The van der Waals surface area contributed by atoms with Gasteiger partial charge >= 0.3 is 5.97 Å². The van der Waals surface area contributed by atoms with E-state index in [1.54, 1.807) is 60.8 Å². The van der Waals surface area contributed by atoms with Crippen molar-refractivity contribution in [3.63, 3.8) is 0 Å². The molecule has 11 heteroatoms. The SMILES string of the molecule is CCOC(=O)c1nn(-c2ccc(OC)cc2)c(=O)c2c(NC(=O)C=Cc3ccc4c(c3)OCO4)scc12. The molecule has 5 rings (SSSR count). The van der Waals surface area contributed by atoms with Crippen molar-refractivity contribution in [3.05, 3.63) is 75.5 Å². The lowest BCUT2D eigenvalue weighted by Gasteiger charge is -2.10. The highest BCUT2D eigenvalue weighted by atomic mass is 32.1. The van der Waals surface area contributed by atoms with E-state index in [9.17, 15) is 14.4 Å². The van der Waals surface area contributed by atoms with Gasteiger partial charge in [-0.25, -0.2) is 4.79 Å². The lowest BCUT2D eigenvalue weighted by molar-refractivity contribution is -0.111. The van der Waals surface area contributed by atoms with Gasteiger partial charge in [0.2, 0.25) is 12.7 Å². The molecular formula is C26H21N3O7S. The Morgan fingerprint density at radius 2 is 1.95 bits per heavy atom. The van der Waals surface area contributed by atoms with Crippen molar-refractivity contribution < 1.29 is 28.5 Å². The summed E-state index contributed by atoms with van der Waals surface area (Å²) < 4.78 is 22.1. The Kier molecular flexibility index (Phi) is 6.60. The fraction of sp³-hybridized carbons (Fsp3) is 0.154. The average molecular weight is 520 g/mol. The number of ether oxygens (including phenoxy) is 4. The van der Waals surface area contributed by atoms with Crippen molar-refractivity contribution in [1.82, 2.24) is 9.78 Å². The maximum atomic E-state index is 13.5. The molecular weight excluding hydrogens is 498 g/mol. The molecule has 1 aliphatic heterocycles. The third kappa shape index (κ3) is 4.76. The predicted octanol–water partition coefficient (Wildman–Crippen LogP) is 4.01. The van der Waals surface area contributed by atoms with E-state index < -0.39 is 17.4 Å². The van der Waals surface area contributed by atoms with E-state index in [0.29, 0.717) is 28.3 Å². The van der Waals surface area contributed by atoms with E-state index >= 15 is 0 Å². The molecule has 0 radical (unpaired) electrons. The Morgan fingerprint density at radius 1 is 1.16 bits per heavy atom. The van der Waals surface area contributed by atoms with E-state index in [2.05, 4.69) is 10.4 Å². The highest BCUT2D eigenvalue weighted by Crippen LogP contribution is 2.33. The van der Waals surface area contributed by atoms with Crippen molar-refractivity contribution in [3.8, 4) is 22.9 Å². The van der Waals surface area contributed by atoms with Crippen LogP contribution in [-0.4, -0.2) is 42.2 Å². The number of methoxy groups -OCH3 is 1. The van der Waals surface area contributed by atoms with Gasteiger partial charge in [0.1, 0.15) is 10.8 Å². The minimum atomic E-state index is -0.673.